The van der Waals surface area contributed by atoms with Crippen molar-refractivity contribution in [2.75, 3.05) is 0 Å². The second-order valence-electron chi connectivity index (χ2n) is 5.33. The topological polar surface area (TPSA) is 63.3 Å². The van der Waals surface area contributed by atoms with E-state index in [0.717, 1.165) is 5.56 Å². The van der Waals surface area contributed by atoms with Crippen LogP contribution in [0, 0.1) is 0 Å². The molecule has 17 heavy (non-hydrogen) atoms. The van der Waals surface area contributed by atoms with Crippen LogP contribution in [-0.4, -0.2) is 11.1 Å². The molecule has 0 saturated carbocycles. The summed E-state index contributed by atoms with van der Waals surface area (Å²) >= 11 is 0. The number of rotatable bonds is 2. The van der Waals surface area contributed by atoms with Crippen molar-refractivity contribution in [2.45, 2.75) is 38.6 Å². The third-order valence-corrected chi connectivity index (χ3v) is 2.79. The molecule has 1 unspecified atom stereocenters. The minimum Gasteiger partial charge on any atom is -0.480 e. The molecule has 0 saturated heterocycles. The number of halogens is 1. The smallest absolute Gasteiger partial charge is 0.328 e. The Balaban J connectivity index is 0.00000256. The van der Waals surface area contributed by atoms with E-state index in [2.05, 4.69) is 20.8 Å². The number of aliphatic carboxylic acids is 1. The van der Waals surface area contributed by atoms with Crippen molar-refractivity contribution in [2.24, 2.45) is 5.73 Å². The van der Waals surface area contributed by atoms with E-state index in [0.29, 0.717) is 5.56 Å². The van der Waals surface area contributed by atoms with Gasteiger partial charge in [0.25, 0.3) is 0 Å². The first-order valence-corrected chi connectivity index (χ1v) is 5.29. The summed E-state index contributed by atoms with van der Waals surface area (Å²) in [4.78, 5) is 11.0. The Morgan fingerprint density at radius 3 is 1.71 bits per heavy atom. The zero-order chi connectivity index (χ0) is 12.6. The molecule has 4 heteroatoms. The number of hydrogen-bond donors (Lipinski definition) is 2. The lowest BCUT2D eigenvalue weighted by atomic mass is 9.84. The zero-order valence-corrected chi connectivity index (χ0v) is 11.5. The van der Waals surface area contributed by atoms with Gasteiger partial charge in [-0.15, -0.1) is 12.4 Å². The lowest BCUT2D eigenvalue weighted by Gasteiger charge is -2.23. The van der Waals surface area contributed by atoms with E-state index >= 15 is 0 Å². The van der Waals surface area contributed by atoms with E-state index in [1.807, 2.05) is 12.1 Å². The third-order valence-electron chi connectivity index (χ3n) is 2.79. The Bertz CT molecular complexity index is 391. The Morgan fingerprint density at radius 1 is 1.06 bits per heavy atom. The Morgan fingerprint density at radius 2 is 1.41 bits per heavy atom. The highest BCUT2D eigenvalue weighted by Gasteiger charge is 2.30. The molecule has 1 atom stereocenters. The van der Waals surface area contributed by atoms with Crippen molar-refractivity contribution >= 4 is 18.4 Å². The van der Waals surface area contributed by atoms with Gasteiger partial charge in [0, 0.05) is 0 Å². The molecule has 0 radical (unpaired) electrons. The normalized spacial score (nSPS) is 14.6. The van der Waals surface area contributed by atoms with Gasteiger partial charge in [-0.1, -0.05) is 45.0 Å². The van der Waals surface area contributed by atoms with Crippen LogP contribution in [-0.2, 0) is 15.7 Å². The van der Waals surface area contributed by atoms with Crippen LogP contribution in [0.1, 0.15) is 38.8 Å². The summed E-state index contributed by atoms with van der Waals surface area (Å²) in [6.45, 7) is 7.84. The number of carbonyl (C=O) groups is 1. The molecular formula is C13H20ClNO2. The predicted octanol–water partition coefficient (Wildman–Crippen LogP) is 2.66. The van der Waals surface area contributed by atoms with Crippen molar-refractivity contribution in [3.8, 4) is 0 Å². The molecule has 0 aliphatic rings. The SMILES string of the molecule is CC(C)(C)c1ccc(C(C)(N)C(=O)O)cc1.Cl. The highest BCUT2D eigenvalue weighted by Crippen LogP contribution is 2.25. The Kier molecular flexibility index (Phi) is 4.75. The van der Waals surface area contributed by atoms with Crippen LogP contribution in [0.4, 0.5) is 0 Å². The van der Waals surface area contributed by atoms with Crippen LogP contribution < -0.4 is 5.73 Å². The van der Waals surface area contributed by atoms with Gasteiger partial charge in [0.2, 0.25) is 0 Å². The number of carboxylic acids is 1. The van der Waals surface area contributed by atoms with E-state index in [1.165, 1.54) is 6.92 Å². The van der Waals surface area contributed by atoms with Crippen molar-refractivity contribution in [1.82, 2.24) is 0 Å². The first-order chi connectivity index (χ1) is 7.15. The van der Waals surface area contributed by atoms with Crippen LogP contribution in [0.5, 0.6) is 0 Å². The lowest BCUT2D eigenvalue weighted by Crippen LogP contribution is -2.41. The molecule has 1 rings (SSSR count). The van der Waals surface area contributed by atoms with Crippen molar-refractivity contribution in [1.29, 1.82) is 0 Å². The second-order valence-corrected chi connectivity index (χ2v) is 5.33. The summed E-state index contributed by atoms with van der Waals surface area (Å²) in [7, 11) is 0. The fourth-order valence-electron chi connectivity index (χ4n) is 1.44. The van der Waals surface area contributed by atoms with Gasteiger partial charge in [0.1, 0.15) is 5.54 Å². The van der Waals surface area contributed by atoms with Crippen LogP contribution in [0.15, 0.2) is 24.3 Å². The number of nitrogens with two attached hydrogens (primary N) is 1. The molecule has 1 aromatic rings. The van der Waals surface area contributed by atoms with Gasteiger partial charge in [0.05, 0.1) is 0 Å². The standard InChI is InChI=1S/C13H19NO2.ClH/c1-12(2,3)9-5-7-10(8-6-9)13(4,14)11(15)16;/h5-8H,14H2,1-4H3,(H,15,16);1H. The summed E-state index contributed by atoms with van der Waals surface area (Å²) in [6.07, 6.45) is 0. The first-order valence-electron chi connectivity index (χ1n) is 5.29. The third kappa shape index (κ3) is 3.45. The minimum absolute atomic E-state index is 0. The Hall–Kier alpha value is -1.06. The maximum Gasteiger partial charge on any atom is 0.328 e. The molecule has 0 fully saturated rings. The van der Waals surface area contributed by atoms with Gasteiger partial charge in [-0.05, 0) is 23.5 Å². The van der Waals surface area contributed by atoms with Crippen molar-refractivity contribution in [3.63, 3.8) is 0 Å². The molecule has 96 valence electrons. The molecule has 3 nitrogen and oxygen atoms in total. The van der Waals surface area contributed by atoms with E-state index < -0.39 is 11.5 Å². The maximum atomic E-state index is 11.0. The van der Waals surface area contributed by atoms with Gasteiger partial charge < -0.3 is 10.8 Å². The summed E-state index contributed by atoms with van der Waals surface area (Å²) in [5, 5.41) is 9.00. The minimum atomic E-state index is -1.32. The fourth-order valence-corrected chi connectivity index (χ4v) is 1.44. The zero-order valence-electron chi connectivity index (χ0n) is 10.7. The molecular weight excluding hydrogens is 238 g/mol. The quantitative estimate of drug-likeness (QED) is 0.856. The molecule has 0 amide bonds. The lowest BCUT2D eigenvalue weighted by molar-refractivity contribution is -0.143. The highest BCUT2D eigenvalue weighted by atomic mass is 35.5. The molecule has 0 bridgehead atoms. The van der Waals surface area contributed by atoms with Crippen molar-refractivity contribution < 1.29 is 9.90 Å². The highest BCUT2D eigenvalue weighted by molar-refractivity contribution is 5.85. The molecule has 1 aromatic carbocycles. The molecule has 0 aliphatic heterocycles. The van der Waals surface area contributed by atoms with E-state index in [4.69, 9.17) is 10.8 Å². The molecule has 0 aliphatic carbocycles. The van der Waals surface area contributed by atoms with Crippen LogP contribution >= 0.6 is 12.4 Å². The average molecular weight is 258 g/mol. The number of hydrogen-bond acceptors (Lipinski definition) is 2. The average Bonchev–Trinajstić information content (AvgIpc) is 2.16. The van der Waals surface area contributed by atoms with Crippen LogP contribution in [0.3, 0.4) is 0 Å². The second kappa shape index (κ2) is 5.07. The summed E-state index contributed by atoms with van der Waals surface area (Å²) in [5.41, 5.74) is 6.26. The van der Waals surface area contributed by atoms with Gasteiger partial charge in [0.15, 0.2) is 0 Å². The molecule has 0 spiro atoms. The van der Waals surface area contributed by atoms with E-state index in [1.54, 1.807) is 12.1 Å². The summed E-state index contributed by atoms with van der Waals surface area (Å²) in [6, 6.07) is 7.44. The molecule has 0 aromatic heterocycles. The number of benzene rings is 1. The monoisotopic (exact) mass is 257 g/mol. The van der Waals surface area contributed by atoms with Gasteiger partial charge in [-0.3, -0.25) is 0 Å². The summed E-state index contributed by atoms with van der Waals surface area (Å²) < 4.78 is 0. The van der Waals surface area contributed by atoms with Crippen molar-refractivity contribution in [3.05, 3.63) is 35.4 Å². The van der Waals surface area contributed by atoms with Crippen LogP contribution in [0.2, 0.25) is 0 Å². The van der Waals surface area contributed by atoms with Gasteiger partial charge >= 0.3 is 5.97 Å². The van der Waals surface area contributed by atoms with Gasteiger partial charge in [-0.2, -0.15) is 0 Å². The Labute approximate surface area is 108 Å². The van der Waals surface area contributed by atoms with E-state index in [9.17, 15) is 4.79 Å². The summed E-state index contributed by atoms with van der Waals surface area (Å²) in [5.74, 6) is -1.02. The molecule has 0 heterocycles. The largest absolute Gasteiger partial charge is 0.480 e. The fraction of sp³-hybridized carbons (Fsp3) is 0.462. The van der Waals surface area contributed by atoms with Gasteiger partial charge in [-0.25, -0.2) is 4.79 Å². The first kappa shape index (κ1) is 15.9. The van der Waals surface area contributed by atoms with Crippen LogP contribution in [0.25, 0.3) is 0 Å². The van der Waals surface area contributed by atoms with E-state index in [-0.39, 0.29) is 17.8 Å². The molecule has 3 N–H and O–H groups in total. The maximum absolute atomic E-state index is 11.0. The predicted molar refractivity (Wildman–Crippen MR) is 71.6 cm³/mol. The number of carboxylic acid groups (broad SMARTS) is 1.